The number of hydrogen-bond donors (Lipinski definition) is 3. The van der Waals surface area contributed by atoms with Crippen LogP contribution < -0.4 is 11.1 Å². The van der Waals surface area contributed by atoms with Crippen molar-refractivity contribution < 1.29 is 9.90 Å². The van der Waals surface area contributed by atoms with E-state index in [0.29, 0.717) is 18.7 Å². The maximum absolute atomic E-state index is 11.6. The number of benzene rings is 1. The van der Waals surface area contributed by atoms with Crippen LogP contribution in [0.3, 0.4) is 0 Å². The summed E-state index contributed by atoms with van der Waals surface area (Å²) in [4.78, 5) is 11.6. The Morgan fingerprint density at radius 1 is 1.38 bits per heavy atom. The first-order valence-corrected chi connectivity index (χ1v) is 6.25. The van der Waals surface area contributed by atoms with Gasteiger partial charge in [0.2, 0.25) is 0 Å². The van der Waals surface area contributed by atoms with Crippen LogP contribution in [0.25, 0.3) is 0 Å². The molecule has 0 unspecified atom stereocenters. The summed E-state index contributed by atoms with van der Waals surface area (Å²) in [7, 11) is 0. The van der Waals surface area contributed by atoms with Crippen molar-refractivity contribution in [2.24, 2.45) is 5.73 Å². The molecule has 0 spiro atoms. The van der Waals surface area contributed by atoms with E-state index in [0.717, 1.165) is 11.5 Å². The molecule has 1 aromatic rings. The lowest BCUT2D eigenvalue weighted by Gasteiger charge is -2.06. The summed E-state index contributed by atoms with van der Waals surface area (Å²) >= 11 is 1.69. The van der Waals surface area contributed by atoms with Gasteiger partial charge in [0.1, 0.15) is 5.75 Å². The molecule has 0 bridgehead atoms. The second-order valence-electron chi connectivity index (χ2n) is 3.17. The molecule has 4 nitrogen and oxygen atoms in total. The number of thioether (sulfide) groups is 1. The lowest BCUT2D eigenvalue weighted by atomic mass is 10.2. The van der Waals surface area contributed by atoms with Crippen molar-refractivity contribution in [3.05, 3.63) is 29.8 Å². The first kappa shape index (κ1) is 12.9. The number of phenolic OH excluding ortho intramolecular Hbond substituents is 1. The monoisotopic (exact) mass is 240 g/mol. The van der Waals surface area contributed by atoms with Crippen LogP contribution in [0.15, 0.2) is 24.3 Å². The number of amides is 1. The molecule has 0 atom stereocenters. The molecular formula is C11H16N2O2S. The molecule has 0 aromatic heterocycles. The third-order valence-electron chi connectivity index (χ3n) is 1.94. The molecule has 4 N–H and O–H groups in total. The number of carbonyl (C=O) groups is 1. The number of hydrogen-bond acceptors (Lipinski definition) is 4. The van der Waals surface area contributed by atoms with Crippen molar-refractivity contribution >= 4 is 17.7 Å². The number of nitrogens with two attached hydrogens (primary N) is 1. The first-order chi connectivity index (χ1) is 7.75. The molecule has 0 saturated carbocycles. The Bertz CT molecular complexity index is 345. The lowest BCUT2D eigenvalue weighted by Crippen LogP contribution is -2.26. The highest BCUT2D eigenvalue weighted by Crippen LogP contribution is 2.14. The Morgan fingerprint density at radius 2 is 2.12 bits per heavy atom. The van der Waals surface area contributed by atoms with Gasteiger partial charge in [-0.1, -0.05) is 12.1 Å². The van der Waals surface area contributed by atoms with Crippen LogP contribution in [0.1, 0.15) is 10.4 Å². The standard InChI is InChI=1S/C11H16N2O2S/c12-5-7-16-8-6-13-11(15)9-3-1-2-4-10(9)14/h1-4,14H,5-8,12H2,(H,13,15). The highest BCUT2D eigenvalue weighted by atomic mass is 32.2. The van der Waals surface area contributed by atoms with Gasteiger partial charge in [0.25, 0.3) is 5.91 Å². The zero-order valence-corrected chi connectivity index (χ0v) is 9.80. The van der Waals surface area contributed by atoms with Crippen LogP contribution >= 0.6 is 11.8 Å². The van der Waals surface area contributed by atoms with Gasteiger partial charge in [-0.05, 0) is 12.1 Å². The van der Waals surface area contributed by atoms with Gasteiger partial charge in [0.15, 0.2) is 0 Å². The van der Waals surface area contributed by atoms with Crippen LogP contribution in [0.5, 0.6) is 5.75 Å². The third-order valence-corrected chi connectivity index (χ3v) is 2.96. The Morgan fingerprint density at radius 3 is 2.81 bits per heavy atom. The summed E-state index contributed by atoms with van der Waals surface area (Å²) in [5.74, 6) is 1.49. The smallest absolute Gasteiger partial charge is 0.255 e. The maximum Gasteiger partial charge on any atom is 0.255 e. The van der Waals surface area contributed by atoms with Crippen molar-refractivity contribution in [2.75, 3.05) is 24.6 Å². The molecule has 0 radical (unpaired) electrons. The summed E-state index contributed by atoms with van der Waals surface area (Å²) in [5, 5.41) is 12.2. The number of para-hydroxylation sites is 1. The summed E-state index contributed by atoms with van der Waals surface area (Å²) in [6, 6.07) is 6.50. The topological polar surface area (TPSA) is 75.3 Å². The highest BCUT2D eigenvalue weighted by molar-refractivity contribution is 7.99. The van der Waals surface area contributed by atoms with E-state index in [2.05, 4.69) is 5.32 Å². The minimum absolute atomic E-state index is 0.00890. The highest BCUT2D eigenvalue weighted by Gasteiger charge is 2.08. The molecular weight excluding hydrogens is 224 g/mol. The minimum Gasteiger partial charge on any atom is -0.507 e. The molecule has 0 aliphatic rings. The molecule has 0 aliphatic carbocycles. The molecule has 0 aliphatic heterocycles. The van der Waals surface area contributed by atoms with Crippen molar-refractivity contribution in [1.82, 2.24) is 5.32 Å². The van der Waals surface area contributed by atoms with E-state index < -0.39 is 0 Å². The Balaban J connectivity index is 2.33. The molecule has 0 saturated heterocycles. The summed E-state index contributed by atoms with van der Waals surface area (Å²) in [6.07, 6.45) is 0. The first-order valence-electron chi connectivity index (χ1n) is 5.09. The predicted molar refractivity (Wildman–Crippen MR) is 66.8 cm³/mol. The molecule has 5 heteroatoms. The van der Waals surface area contributed by atoms with E-state index in [4.69, 9.17) is 5.73 Å². The molecule has 1 aromatic carbocycles. The van der Waals surface area contributed by atoms with E-state index >= 15 is 0 Å². The molecule has 0 heterocycles. The van der Waals surface area contributed by atoms with Gasteiger partial charge in [-0.3, -0.25) is 4.79 Å². The fraction of sp³-hybridized carbons (Fsp3) is 0.364. The summed E-state index contributed by atoms with van der Waals surface area (Å²) in [5.41, 5.74) is 5.65. The second kappa shape index (κ2) is 7.14. The Kier molecular flexibility index (Phi) is 5.74. The summed E-state index contributed by atoms with van der Waals surface area (Å²) in [6.45, 7) is 1.23. The van der Waals surface area contributed by atoms with Gasteiger partial charge < -0.3 is 16.2 Å². The quantitative estimate of drug-likeness (QED) is 0.643. The van der Waals surface area contributed by atoms with E-state index in [9.17, 15) is 9.90 Å². The normalized spacial score (nSPS) is 10.1. The number of phenols is 1. The van der Waals surface area contributed by atoms with Crippen molar-refractivity contribution in [3.63, 3.8) is 0 Å². The van der Waals surface area contributed by atoms with Gasteiger partial charge in [-0.25, -0.2) is 0 Å². The largest absolute Gasteiger partial charge is 0.507 e. The van der Waals surface area contributed by atoms with Crippen LogP contribution in [0, 0.1) is 0 Å². The number of nitrogens with one attached hydrogen (secondary N) is 1. The Labute approximate surface area is 99.2 Å². The van der Waals surface area contributed by atoms with Crippen molar-refractivity contribution in [2.45, 2.75) is 0 Å². The van der Waals surface area contributed by atoms with Crippen LogP contribution in [-0.2, 0) is 0 Å². The van der Waals surface area contributed by atoms with E-state index in [1.165, 1.54) is 6.07 Å². The predicted octanol–water partition coefficient (Wildman–Crippen LogP) is 0.814. The molecule has 88 valence electrons. The fourth-order valence-corrected chi connectivity index (χ4v) is 1.80. The van der Waals surface area contributed by atoms with Crippen LogP contribution in [0.2, 0.25) is 0 Å². The molecule has 1 rings (SSSR count). The lowest BCUT2D eigenvalue weighted by molar-refractivity contribution is 0.0953. The number of rotatable bonds is 6. The number of carbonyl (C=O) groups excluding carboxylic acids is 1. The van der Waals surface area contributed by atoms with Crippen molar-refractivity contribution in [3.8, 4) is 5.75 Å². The molecule has 1 amide bonds. The fourth-order valence-electron chi connectivity index (χ4n) is 1.18. The van der Waals surface area contributed by atoms with Crippen LogP contribution in [0.4, 0.5) is 0 Å². The van der Waals surface area contributed by atoms with Gasteiger partial charge >= 0.3 is 0 Å². The zero-order chi connectivity index (χ0) is 11.8. The van der Waals surface area contributed by atoms with E-state index in [-0.39, 0.29) is 11.7 Å². The molecule has 16 heavy (non-hydrogen) atoms. The van der Waals surface area contributed by atoms with Gasteiger partial charge in [0.05, 0.1) is 5.56 Å². The van der Waals surface area contributed by atoms with E-state index in [1.54, 1.807) is 30.0 Å². The summed E-state index contributed by atoms with van der Waals surface area (Å²) < 4.78 is 0. The zero-order valence-electron chi connectivity index (χ0n) is 8.98. The van der Waals surface area contributed by atoms with E-state index in [1.807, 2.05) is 0 Å². The van der Waals surface area contributed by atoms with Gasteiger partial charge in [-0.15, -0.1) is 0 Å². The average Bonchev–Trinajstić information content (AvgIpc) is 2.29. The van der Waals surface area contributed by atoms with Crippen LogP contribution in [-0.4, -0.2) is 35.6 Å². The SMILES string of the molecule is NCCSCCNC(=O)c1ccccc1O. The van der Waals surface area contributed by atoms with Gasteiger partial charge in [0, 0.05) is 24.6 Å². The van der Waals surface area contributed by atoms with Crippen molar-refractivity contribution in [1.29, 1.82) is 0 Å². The average molecular weight is 240 g/mol. The maximum atomic E-state index is 11.6. The second-order valence-corrected chi connectivity index (χ2v) is 4.40. The molecule has 0 fully saturated rings. The minimum atomic E-state index is -0.244. The third kappa shape index (κ3) is 4.12. The van der Waals surface area contributed by atoms with Gasteiger partial charge in [-0.2, -0.15) is 11.8 Å². The number of aromatic hydroxyl groups is 1. The Hall–Kier alpha value is -1.20.